The molecule has 3 fully saturated rings. The third-order valence-electron chi connectivity index (χ3n) is 4.91. The molecule has 108 valence electrons. The molecule has 3 aliphatic rings. The van der Waals surface area contributed by atoms with E-state index in [1.807, 2.05) is 0 Å². The molecule has 0 radical (unpaired) electrons. The molecule has 1 unspecified atom stereocenters. The van der Waals surface area contributed by atoms with Crippen LogP contribution >= 0.6 is 0 Å². The van der Waals surface area contributed by atoms with Gasteiger partial charge in [0, 0.05) is 13.1 Å². The van der Waals surface area contributed by atoms with Gasteiger partial charge in [-0.1, -0.05) is 0 Å². The van der Waals surface area contributed by atoms with E-state index < -0.39 is 15.4 Å². The summed E-state index contributed by atoms with van der Waals surface area (Å²) >= 11 is 0. The van der Waals surface area contributed by atoms with Gasteiger partial charge in [0.2, 0.25) is 5.91 Å². The number of hydrogen-bond donors (Lipinski definition) is 1. The molecule has 1 saturated carbocycles. The van der Waals surface area contributed by atoms with E-state index in [0.717, 1.165) is 25.7 Å². The maximum absolute atomic E-state index is 12.3. The minimum Gasteiger partial charge on any atom is -0.390 e. The number of nitrogens with zero attached hydrogens (tertiary/aromatic N) is 1. The zero-order valence-corrected chi connectivity index (χ0v) is 11.9. The Bertz CT molecular complexity index is 475. The van der Waals surface area contributed by atoms with Crippen molar-refractivity contribution in [2.24, 2.45) is 11.8 Å². The lowest BCUT2D eigenvalue weighted by Crippen LogP contribution is -2.44. The first-order valence-electron chi connectivity index (χ1n) is 7.11. The number of amides is 1. The maximum atomic E-state index is 12.3. The fourth-order valence-corrected chi connectivity index (χ4v) is 5.15. The third-order valence-corrected chi connectivity index (χ3v) is 6.68. The van der Waals surface area contributed by atoms with Crippen LogP contribution in [0.15, 0.2) is 0 Å². The Morgan fingerprint density at radius 2 is 1.79 bits per heavy atom. The van der Waals surface area contributed by atoms with E-state index in [9.17, 15) is 18.3 Å². The van der Waals surface area contributed by atoms with Crippen LogP contribution in [0, 0.1) is 11.8 Å². The van der Waals surface area contributed by atoms with E-state index >= 15 is 0 Å². The van der Waals surface area contributed by atoms with Crippen LogP contribution in [-0.2, 0) is 14.6 Å². The van der Waals surface area contributed by atoms with Crippen LogP contribution in [0.4, 0.5) is 0 Å². The summed E-state index contributed by atoms with van der Waals surface area (Å²) in [4.78, 5) is 14.1. The molecule has 6 heteroatoms. The summed E-state index contributed by atoms with van der Waals surface area (Å²) in [5.41, 5.74) is -0.453. The molecule has 19 heavy (non-hydrogen) atoms. The normalized spacial score (nSPS) is 33.3. The van der Waals surface area contributed by atoms with E-state index in [4.69, 9.17) is 0 Å². The molecule has 0 aromatic rings. The molecule has 2 aliphatic heterocycles. The number of hydrogen-bond acceptors (Lipinski definition) is 4. The smallest absolute Gasteiger partial charge is 0.226 e. The second kappa shape index (κ2) is 4.45. The first-order valence-corrected chi connectivity index (χ1v) is 8.93. The average Bonchev–Trinajstić information content (AvgIpc) is 3.03. The molecule has 3 rings (SSSR count). The van der Waals surface area contributed by atoms with Crippen molar-refractivity contribution in [1.82, 2.24) is 4.90 Å². The Hall–Kier alpha value is -0.620. The second-order valence-electron chi connectivity index (χ2n) is 6.30. The van der Waals surface area contributed by atoms with Crippen LogP contribution in [0.1, 0.15) is 32.1 Å². The first-order chi connectivity index (χ1) is 8.90. The van der Waals surface area contributed by atoms with Crippen molar-refractivity contribution < 1.29 is 18.3 Å². The van der Waals surface area contributed by atoms with Gasteiger partial charge in [-0.25, -0.2) is 8.42 Å². The van der Waals surface area contributed by atoms with Gasteiger partial charge in [-0.15, -0.1) is 0 Å². The van der Waals surface area contributed by atoms with E-state index in [0.29, 0.717) is 25.4 Å². The largest absolute Gasteiger partial charge is 0.390 e. The van der Waals surface area contributed by atoms with E-state index in [-0.39, 0.29) is 23.3 Å². The van der Waals surface area contributed by atoms with E-state index in [1.165, 1.54) is 0 Å². The average molecular weight is 287 g/mol. The topological polar surface area (TPSA) is 74.7 Å². The predicted molar refractivity (Wildman–Crippen MR) is 70.2 cm³/mol. The SMILES string of the molecule is O=C(C1CCS(=O)(=O)C1)N1CCC(C2(O)CC2)CC1. The highest BCUT2D eigenvalue weighted by Crippen LogP contribution is 2.46. The van der Waals surface area contributed by atoms with Crippen molar-refractivity contribution in [2.45, 2.75) is 37.7 Å². The van der Waals surface area contributed by atoms with Crippen LogP contribution in [0.2, 0.25) is 0 Å². The van der Waals surface area contributed by atoms with Gasteiger partial charge in [0.1, 0.15) is 0 Å². The molecular weight excluding hydrogens is 266 g/mol. The van der Waals surface area contributed by atoms with Gasteiger partial charge in [0.15, 0.2) is 9.84 Å². The molecule has 2 heterocycles. The quantitative estimate of drug-likeness (QED) is 0.786. The number of aliphatic hydroxyl groups is 1. The van der Waals surface area contributed by atoms with Gasteiger partial charge < -0.3 is 10.0 Å². The summed E-state index contributed by atoms with van der Waals surface area (Å²) in [6, 6.07) is 0. The van der Waals surface area contributed by atoms with Crippen LogP contribution in [0.5, 0.6) is 0 Å². The van der Waals surface area contributed by atoms with Crippen molar-refractivity contribution in [3.8, 4) is 0 Å². The highest BCUT2D eigenvalue weighted by atomic mass is 32.2. The molecule has 0 bridgehead atoms. The van der Waals surface area contributed by atoms with Crippen LogP contribution < -0.4 is 0 Å². The van der Waals surface area contributed by atoms with Gasteiger partial charge >= 0.3 is 0 Å². The first kappa shape index (κ1) is 13.4. The Labute approximate surface area is 113 Å². The number of likely N-dealkylation sites (tertiary alicyclic amines) is 1. The fourth-order valence-electron chi connectivity index (χ4n) is 3.42. The van der Waals surface area contributed by atoms with Gasteiger partial charge in [0.25, 0.3) is 0 Å². The molecule has 1 N–H and O–H groups in total. The third kappa shape index (κ3) is 2.65. The molecule has 5 nitrogen and oxygen atoms in total. The predicted octanol–water partition coefficient (Wildman–Crippen LogP) is 0.185. The number of carbonyl (C=O) groups excluding carboxylic acids is 1. The van der Waals surface area contributed by atoms with Crippen molar-refractivity contribution >= 4 is 15.7 Å². The standard InChI is InChI=1S/C13H21NO4S/c15-12(10-3-8-19(17,18)9-10)14-6-1-11(2-7-14)13(16)4-5-13/h10-11,16H,1-9H2. The van der Waals surface area contributed by atoms with Crippen molar-refractivity contribution in [3.05, 3.63) is 0 Å². The summed E-state index contributed by atoms with van der Waals surface area (Å²) in [6.45, 7) is 1.34. The minimum absolute atomic E-state index is 0.00214. The minimum atomic E-state index is -2.99. The zero-order chi connectivity index (χ0) is 13.7. The second-order valence-corrected chi connectivity index (χ2v) is 8.53. The maximum Gasteiger partial charge on any atom is 0.226 e. The highest BCUT2D eigenvalue weighted by Gasteiger charge is 2.48. The molecule has 0 aromatic heterocycles. The van der Waals surface area contributed by atoms with Gasteiger partial charge in [-0.2, -0.15) is 0 Å². The van der Waals surface area contributed by atoms with Crippen molar-refractivity contribution in [2.75, 3.05) is 24.6 Å². The molecule has 2 saturated heterocycles. The summed E-state index contributed by atoms with van der Waals surface area (Å²) in [6.07, 6.45) is 3.97. The summed E-state index contributed by atoms with van der Waals surface area (Å²) in [5.74, 6) is 0.173. The van der Waals surface area contributed by atoms with Gasteiger partial charge in [0.05, 0.1) is 23.0 Å². The number of rotatable bonds is 2. The lowest BCUT2D eigenvalue weighted by Gasteiger charge is -2.35. The van der Waals surface area contributed by atoms with E-state index in [2.05, 4.69) is 0 Å². The highest BCUT2D eigenvalue weighted by molar-refractivity contribution is 7.91. The Morgan fingerprint density at radius 3 is 2.26 bits per heavy atom. The molecule has 1 atom stereocenters. The molecule has 0 aromatic carbocycles. The number of sulfone groups is 1. The van der Waals surface area contributed by atoms with Gasteiger partial charge in [-0.3, -0.25) is 4.79 Å². The lowest BCUT2D eigenvalue weighted by molar-refractivity contribution is -0.137. The summed E-state index contributed by atoms with van der Waals surface area (Å²) in [5, 5.41) is 10.1. The Kier molecular flexibility index (Phi) is 3.13. The molecule has 1 aliphatic carbocycles. The Morgan fingerprint density at radius 1 is 1.16 bits per heavy atom. The number of carbonyl (C=O) groups is 1. The molecular formula is C13H21NO4S. The zero-order valence-electron chi connectivity index (χ0n) is 11.0. The van der Waals surface area contributed by atoms with Gasteiger partial charge in [-0.05, 0) is 38.0 Å². The van der Waals surface area contributed by atoms with E-state index in [1.54, 1.807) is 4.90 Å². The lowest BCUT2D eigenvalue weighted by atomic mass is 9.89. The summed E-state index contributed by atoms with van der Waals surface area (Å²) < 4.78 is 22.8. The number of piperidine rings is 1. The van der Waals surface area contributed by atoms with Crippen LogP contribution in [0.25, 0.3) is 0 Å². The van der Waals surface area contributed by atoms with Crippen LogP contribution in [0.3, 0.4) is 0 Å². The van der Waals surface area contributed by atoms with Crippen molar-refractivity contribution in [3.63, 3.8) is 0 Å². The fraction of sp³-hybridized carbons (Fsp3) is 0.923. The summed E-state index contributed by atoms with van der Waals surface area (Å²) in [7, 11) is -2.99. The molecule has 0 spiro atoms. The van der Waals surface area contributed by atoms with Crippen LogP contribution in [-0.4, -0.2) is 54.5 Å². The molecule has 1 amide bonds. The monoisotopic (exact) mass is 287 g/mol. The Balaban J connectivity index is 1.55. The van der Waals surface area contributed by atoms with Crippen molar-refractivity contribution in [1.29, 1.82) is 0 Å².